The molecule has 4 aromatic rings. The summed E-state index contributed by atoms with van der Waals surface area (Å²) in [4.78, 5) is 12.2. The van der Waals surface area contributed by atoms with E-state index in [4.69, 9.17) is 23.2 Å². The first-order chi connectivity index (χ1) is 14.5. The molecule has 1 heterocycles. The normalized spacial score (nSPS) is 11.3. The Morgan fingerprint density at radius 2 is 1.83 bits per heavy atom. The largest absolute Gasteiger partial charge is 0.507 e. The van der Waals surface area contributed by atoms with Crippen molar-refractivity contribution in [3.63, 3.8) is 0 Å². The molecule has 0 unspecified atom stereocenters. The minimum atomic E-state index is -0.485. The number of phenols is 1. The molecule has 0 bridgehead atoms. The minimum absolute atomic E-state index is 0.0957. The highest BCUT2D eigenvalue weighted by atomic mass is 35.5. The first kappa shape index (κ1) is 20.0. The molecule has 0 aliphatic carbocycles. The van der Waals surface area contributed by atoms with Crippen molar-refractivity contribution in [2.75, 3.05) is 0 Å². The van der Waals surface area contributed by atoms with E-state index in [0.717, 1.165) is 22.0 Å². The molecule has 4 rings (SSSR count). The van der Waals surface area contributed by atoms with Crippen LogP contribution in [0, 0.1) is 0 Å². The molecule has 1 amide bonds. The number of hydrazone groups is 1. The summed E-state index contributed by atoms with van der Waals surface area (Å²) in [6.45, 7) is 0.564. The number of amides is 1. The lowest BCUT2D eigenvalue weighted by Gasteiger charge is -2.08. The second-order valence-corrected chi connectivity index (χ2v) is 7.53. The number of carbonyl (C=O) groups excluding carboxylic acids is 1. The average Bonchev–Trinajstić information content (AvgIpc) is 3.08. The Kier molecular flexibility index (Phi) is 5.74. The number of hydrogen-bond acceptors (Lipinski definition) is 3. The predicted molar refractivity (Wildman–Crippen MR) is 121 cm³/mol. The standard InChI is InChI=1S/C23H17Cl2N3O2/c24-17-10-9-15(20(25)11-17)13-28-14-16(18-5-1-3-7-21(18)28)12-26-27-23(30)19-6-2-4-8-22(19)29/h1-12,14,29H,13H2,(H,27,30)/b26-12+. The molecule has 150 valence electrons. The lowest BCUT2D eigenvalue weighted by Crippen LogP contribution is -2.17. The Bertz CT molecular complexity index is 1260. The van der Waals surface area contributed by atoms with Gasteiger partial charge in [0.15, 0.2) is 0 Å². The van der Waals surface area contributed by atoms with Crippen LogP contribution in [0.3, 0.4) is 0 Å². The average molecular weight is 438 g/mol. The van der Waals surface area contributed by atoms with Crippen molar-refractivity contribution in [1.82, 2.24) is 9.99 Å². The fourth-order valence-electron chi connectivity index (χ4n) is 3.23. The predicted octanol–water partition coefficient (Wildman–Crippen LogP) is 5.47. The summed E-state index contributed by atoms with van der Waals surface area (Å²) in [5, 5.41) is 16.0. The van der Waals surface area contributed by atoms with Gasteiger partial charge in [-0.05, 0) is 35.9 Å². The summed E-state index contributed by atoms with van der Waals surface area (Å²) in [5.74, 6) is -0.581. The number of carbonyl (C=O) groups is 1. The van der Waals surface area contributed by atoms with Crippen molar-refractivity contribution in [3.05, 3.63) is 99.7 Å². The van der Waals surface area contributed by atoms with Gasteiger partial charge in [-0.2, -0.15) is 5.10 Å². The monoisotopic (exact) mass is 437 g/mol. The number of phenolic OH excluding ortho intramolecular Hbond substituents is 1. The van der Waals surface area contributed by atoms with Crippen LogP contribution in [0.2, 0.25) is 10.0 Å². The van der Waals surface area contributed by atoms with Crippen molar-refractivity contribution in [2.24, 2.45) is 5.10 Å². The number of para-hydroxylation sites is 2. The molecule has 3 aromatic carbocycles. The maximum Gasteiger partial charge on any atom is 0.275 e. The Hall–Kier alpha value is -3.28. The van der Waals surface area contributed by atoms with Gasteiger partial charge in [0, 0.05) is 39.3 Å². The third-order valence-corrected chi connectivity index (χ3v) is 5.28. The lowest BCUT2D eigenvalue weighted by molar-refractivity contribution is 0.0952. The van der Waals surface area contributed by atoms with E-state index in [1.807, 2.05) is 42.6 Å². The van der Waals surface area contributed by atoms with Gasteiger partial charge in [-0.3, -0.25) is 4.79 Å². The Balaban J connectivity index is 1.60. The summed E-state index contributed by atoms with van der Waals surface area (Å²) in [7, 11) is 0. The van der Waals surface area contributed by atoms with Crippen LogP contribution in [-0.2, 0) is 6.54 Å². The van der Waals surface area contributed by atoms with E-state index in [-0.39, 0.29) is 11.3 Å². The van der Waals surface area contributed by atoms with Crippen LogP contribution >= 0.6 is 23.2 Å². The second-order valence-electron chi connectivity index (χ2n) is 6.68. The molecule has 0 radical (unpaired) electrons. The summed E-state index contributed by atoms with van der Waals surface area (Å²) >= 11 is 12.3. The highest BCUT2D eigenvalue weighted by molar-refractivity contribution is 6.35. The zero-order valence-electron chi connectivity index (χ0n) is 15.7. The molecule has 0 spiro atoms. The second kappa shape index (κ2) is 8.61. The third-order valence-electron chi connectivity index (χ3n) is 4.69. The Labute approximate surface area is 183 Å². The zero-order valence-corrected chi connectivity index (χ0v) is 17.2. The molecule has 2 N–H and O–H groups in total. The van der Waals surface area contributed by atoms with Gasteiger partial charge in [0.2, 0.25) is 0 Å². The number of aromatic nitrogens is 1. The van der Waals surface area contributed by atoms with Gasteiger partial charge in [-0.25, -0.2) is 5.43 Å². The maximum absolute atomic E-state index is 12.2. The highest BCUT2D eigenvalue weighted by Crippen LogP contribution is 2.25. The van der Waals surface area contributed by atoms with E-state index in [9.17, 15) is 9.90 Å². The van der Waals surface area contributed by atoms with Gasteiger partial charge in [-0.15, -0.1) is 0 Å². The van der Waals surface area contributed by atoms with Crippen molar-refractivity contribution in [1.29, 1.82) is 0 Å². The van der Waals surface area contributed by atoms with E-state index < -0.39 is 5.91 Å². The van der Waals surface area contributed by atoms with Gasteiger partial charge in [0.05, 0.1) is 11.8 Å². The van der Waals surface area contributed by atoms with Gasteiger partial charge < -0.3 is 9.67 Å². The Morgan fingerprint density at radius 1 is 1.07 bits per heavy atom. The lowest BCUT2D eigenvalue weighted by atomic mass is 10.2. The van der Waals surface area contributed by atoms with Crippen molar-refractivity contribution in [2.45, 2.75) is 6.54 Å². The first-order valence-electron chi connectivity index (χ1n) is 9.16. The molecular formula is C23H17Cl2N3O2. The van der Waals surface area contributed by atoms with E-state index in [2.05, 4.69) is 15.1 Å². The zero-order chi connectivity index (χ0) is 21.1. The molecule has 0 atom stereocenters. The van der Waals surface area contributed by atoms with Crippen LogP contribution < -0.4 is 5.43 Å². The van der Waals surface area contributed by atoms with Crippen LogP contribution in [0.5, 0.6) is 5.75 Å². The molecule has 0 fully saturated rings. The van der Waals surface area contributed by atoms with Gasteiger partial charge in [0.25, 0.3) is 5.91 Å². The van der Waals surface area contributed by atoms with Gasteiger partial charge >= 0.3 is 0 Å². The van der Waals surface area contributed by atoms with Crippen LogP contribution in [0.4, 0.5) is 0 Å². The smallest absolute Gasteiger partial charge is 0.275 e. The van der Waals surface area contributed by atoms with Crippen LogP contribution in [0.25, 0.3) is 10.9 Å². The van der Waals surface area contributed by atoms with E-state index >= 15 is 0 Å². The van der Waals surface area contributed by atoms with Gasteiger partial charge in [-0.1, -0.05) is 59.6 Å². The minimum Gasteiger partial charge on any atom is -0.507 e. The number of hydrogen-bond donors (Lipinski definition) is 2. The van der Waals surface area contributed by atoms with Crippen LogP contribution in [-0.4, -0.2) is 21.8 Å². The fraction of sp³-hybridized carbons (Fsp3) is 0.0435. The summed E-state index contributed by atoms with van der Waals surface area (Å²) < 4.78 is 2.07. The number of rotatable bonds is 5. The number of nitrogens with one attached hydrogen (secondary N) is 1. The molecular weight excluding hydrogens is 421 g/mol. The molecule has 0 aliphatic rings. The number of nitrogens with zero attached hydrogens (tertiary/aromatic N) is 2. The molecule has 1 aromatic heterocycles. The molecule has 5 nitrogen and oxygen atoms in total. The molecule has 7 heteroatoms. The maximum atomic E-state index is 12.2. The molecule has 30 heavy (non-hydrogen) atoms. The molecule has 0 saturated heterocycles. The van der Waals surface area contributed by atoms with Crippen molar-refractivity contribution >= 4 is 46.2 Å². The van der Waals surface area contributed by atoms with E-state index in [1.54, 1.807) is 24.4 Å². The van der Waals surface area contributed by atoms with Crippen molar-refractivity contribution in [3.8, 4) is 5.75 Å². The van der Waals surface area contributed by atoms with Crippen molar-refractivity contribution < 1.29 is 9.90 Å². The summed E-state index contributed by atoms with van der Waals surface area (Å²) in [6, 6.07) is 19.6. The highest BCUT2D eigenvalue weighted by Gasteiger charge is 2.11. The Morgan fingerprint density at radius 3 is 2.63 bits per heavy atom. The number of fused-ring (bicyclic) bond motifs is 1. The molecule has 0 saturated carbocycles. The first-order valence-corrected chi connectivity index (χ1v) is 9.92. The van der Waals surface area contributed by atoms with Gasteiger partial charge in [0.1, 0.15) is 5.75 Å². The van der Waals surface area contributed by atoms with E-state index in [1.165, 1.54) is 12.1 Å². The van der Waals surface area contributed by atoms with E-state index in [0.29, 0.717) is 16.6 Å². The topological polar surface area (TPSA) is 66.6 Å². The molecule has 0 aliphatic heterocycles. The number of halogens is 2. The third kappa shape index (κ3) is 4.17. The summed E-state index contributed by atoms with van der Waals surface area (Å²) in [5.41, 5.74) is 5.41. The fourth-order valence-corrected chi connectivity index (χ4v) is 3.70. The number of aromatic hydroxyl groups is 1. The number of benzene rings is 3. The van der Waals surface area contributed by atoms with Crippen LogP contribution in [0.15, 0.2) is 78.0 Å². The van der Waals surface area contributed by atoms with Crippen LogP contribution in [0.1, 0.15) is 21.5 Å². The SMILES string of the molecule is O=C(N/N=C/c1cn(Cc2ccc(Cl)cc2Cl)c2ccccc12)c1ccccc1O. The quantitative estimate of drug-likeness (QED) is 0.321. The summed E-state index contributed by atoms with van der Waals surface area (Å²) in [6.07, 6.45) is 3.53.